The van der Waals surface area contributed by atoms with Crippen LogP contribution in [-0.4, -0.2) is 41.5 Å². The van der Waals surface area contributed by atoms with Gasteiger partial charge in [0.15, 0.2) is 5.96 Å². The zero-order valence-corrected chi connectivity index (χ0v) is 18.0. The number of guanidine groups is 1. The number of nitrogens with zero attached hydrogens (tertiary/aromatic N) is 2. The largest absolute Gasteiger partial charge is 0.383 e. The van der Waals surface area contributed by atoms with Crippen LogP contribution in [0.4, 0.5) is 0 Å². The minimum absolute atomic E-state index is 0.185. The number of aliphatic hydroxyl groups is 1. The van der Waals surface area contributed by atoms with Crippen molar-refractivity contribution in [1.82, 2.24) is 15.5 Å². The highest BCUT2D eigenvalue weighted by Gasteiger charge is 2.24. The Morgan fingerprint density at radius 2 is 1.97 bits per heavy atom. The molecule has 156 valence electrons. The molecule has 0 saturated heterocycles. The third-order valence-corrected chi connectivity index (χ3v) is 5.77. The Morgan fingerprint density at radius 1 is 1.24 bits per heavy atom. The van der Waals surface area contributed by atoms with Crippen molar-refractivity contribution in [2.24, 2.45) is 4.99 Å². The SMILES string of the molecule is CCNC(=NCC(C)(O)c1ccsc1)NCCCC(=O)N1Cc2ccccc2C1. The molecule has 0 saturated carbocycles. The molecule has 1 atom stereocenters. The quantitative estimate of drug-likeness (QED) is 0.353. The third kappa shape index (κ3) is 5.81. The number of fused-ring (bicyclic) bond motifs is 1. The third-order valence-electron chi connectivity index (χ3n) is 5.09. The summed E-state index contributed by atoms with van der Waals surface area (Å²) in [5, 5.41) is 21.0. The Bertz CT molecular complexity index is 808. The van der Waals surface area contributed by atoms with Gasteiger partial charge in [0.1, 0.15) is 5.60 Å². The number of nitrogens with one attached hydrogen (secondary N) is 2. The zero-order chi connectivity index (χ0) is 20.7. The highest BCUT2D eigenvalue weighted by atomic mass is 32.1. The highest BCUT2D eigenvalue weighted by molar-refractivity contribution is 7.08. The number of thiophene rings is 1. The first-order chi connectivity index (χ1) is 14.0. The van der Waals surface area contributed by atoms with Crippen LogP contribution in [0, 0.1) is 0 Å². The second-order valence-corrected chi connectivity index (χ2v) is 8.31. The van der Waals surface area contributed by atoms with Crippen molar-refractivity contribution in [3.63, 3.8) is 0 Å². The molecule has 1 unspecified atom stereocenters. The first-order valence-corrected chi connectivity index (χ1v) is 11.1. The summed E-state index contributed by atoms with van der Waals surface area (Å²) in [5.74, 6) is 0.842. The van der Waals surface area contributed by atoms with Gasteiger partial charge in [0.25, 0.3) is 0 Å². The van der Waals surface area contributed by atoms with Gasteiger partial charge in [0.05, 0.1) is 6.54 Å². The van der Waals surface area contributed by atoms with Gasteiger partial charge in [0.2, 0.25) is 5.91 Å². The lowest BCUT2D eigenvalue weighted by Gasteiger charge is -2.21. The van der Waals surface area contributed by atoms with Gasteiger partial charge in [-0.15, -0.1) is 0 Å². The van der Waals surface area contributed by atoms with E-state index in [-0.39, 0.29) is 12.5 Å². The van der Waals surface area contributed by atoms with Crippen molar-refractivity contribution in [2.75, 3.05) is 19.6 Å². The summed E-state index contributed by atoms with van der Waals surface area (Å²) < 4.78 is 0. The molecule has 0 bridgehead atoms. The maximum absolute atomic E-state index is 12.5. The average molecular weight is 415 g/mol. The van der Waals surface area contributed by atoms with Crippen molar-refractivity contribution >= 4 is 23.2 Å². The fourth-order valence-corrected chi connectivity index (χ4v) is 4.13. The molecule has 1 aromatic heterocycles. The Kier molecular flexibility index (Phi) is 7.28. The summed E-state index contributed by atoms with van der Waals surface area (Å²) in [4.78, 5) is 18.9. The molecule has 0 aliphatic carbocycles. The monoisotopic (exact) mass is 414 g/mol. The van der Waals surface area contributed by atoms with Gasteiger partial charge in [-0.2, -0.15) is 11.3 Å². The van der Waals surface area contributed by atoms with Crippen LogP contribution < -0.4 is 10.6 Å². The summed E-state index contributed by atoms with van der Waals surface area (Å²) in [7, 11) is 0. The molecular formula is C22H30N4O2S. The van der Waals surface area contributed by atoms with E-state index in [0.29, 0.717) is 32.0 Å². The number of amides is 1. The van der Waals surface area contributed by atoms with Crippen LogP contribution in [0.25, 0.3) is 0 Å². The van der Waals surface area contributed by atoms with Crippen LogP contribution in [0.15, 0.2) is 46.1 Å². The minimum atomic E-state index is -0.997. The molecule has 1 aromatic carbocycles. The molecule has 0 fully saturated rings. The van der Waals surface area contributed by atoms with Gasteiger partial charge in [-0.1, -0.05) is 24.3 Å². The lowest BCUT2D eigenvalue weighted by atomic mass is 10.00. The van der Waals surface area contributed by atoms with Gasteiger partial charge < -0.3 is 20.6 Å². The number of hydrogen-bond acceptors (Lipinski definition) is 4. The van der Waals surface area contributed by atoms with E-state index in [1.807, 2.05) is 40.8 Å². The molecule has 1 aliphatic heterocycles. The molecule has 7 heteroatoms. The molecule has 29 heavy (non-hydrogen) atoms. The smallest absolute Gasteiger partial charge is 0.223 e. The van der Waals surface area contributed by atoms with E-state index in [1.54, 1.807) is 18.3 Å². The Balaban J connectivity index is 1.43. The summed E-state index contributed by atoms with van der Waals surface area (Å²) in [6.07, 6.45) is 1.24. The van der Waals surface area contributed by atoms with Gasteiger partial charge >= 0.3 is 0 Å². The van der Waals surface area contributed by atoms with Crippen LogP contribution in [-0.2, 0) is 23.5 Å². The number of rotatable bonds is 8. The number of carbonyl (C=O) groups excluding carboxylic acids is 1. The topological polar surface area (TPSA) is 77.0 Å². The maximum atomic E-state index is 12.5. The van der Waals surface area contributed by atoms with Crippen LogP contribution in [0.2, 0.25) is 0 Å². The Labute approximate surface area is 176 Å². The van der Waals surface area contributed by atoms with Crippen molar-refractivity contribution in [3.8, 4) is 0 Å². The predicted molar refractivity (Wildman–Crippen MR) is 118 cm³/mol. The van der Waals surface area contributed by atoms with E-state index >= 15 is 0 Å². The van der Waals surface area contributed by atoms with Crippen molar-refractivity contribution in [1.29, 1.82) is 0 Å². The van der Waals surface area contributed by atoms with Crippen LogP contribution in [0.3, 0.4) is 0 Å². The second kappa shape index (κ2) is 9.89. The van der Waals surface area contributed by atoms with E-state index in [1.165, 1.54) is 11.1 Å². The molecule has 6 nitrogen and oxygen atoms in total. The first kappa shape index (κ1) is 21.3. The van der Waals surface area contributed by atoms with Crippen molar-refractivity contribution in [2.45, 2.75) is 45.4 Å². The fourth-order valence-electron chi connectivity index (χ4n) is 3.35. The van der Waals surface area contributed by atoms with E-state index in [4.69, 9.17) is 0 Å². The lowest BCUT2D eigenvalue weighted by Crippen LogP contribution is -2.39. The Morgan fingerprint density at radius 3 is 2.59 bits per heavy atom. The van der Waals surface area contributed by atoms with Gasteiger partial charge in [-0.05, 0) is 53.8 Å². The van der Waals surface area contributed by atoms with E-state index < -0.39 is 5.60 Å². The first-order valence-electron chi connectivity index (χ1n) is 10.1. The molecule has 2 aromatic rings. The van der Waals surface area contributed by atoms with Crippen LogP contribution in [0.5, 0.6) is 0 Å². The van der Waals surface area contributed by atoms with Gasteiger partial charge in [-0.3, -0.25) is 4.79 Å². The summed E-state index contributed by atoms with van der Waals surface area (Å²) >= 11 is 1.56. The predicted octanol–water partition coefficient (Wildman–Crippen LogP) is 2.83. The number of aliphatic imine (C=N–C) groups is 1. The van der Waals surface area contributed by atoms with E-state index in [0.717, 1.165) is 18.5 Å². The maximum Gasteiger partial charge on any atom is 0.223 e. The molecule has 1 amide bonds. The number of carbonyl (C=O) groups is 1. The number of hydrogen-bond donors (Lipinski definition) is 3. The zero-order valence-electron chi connectivity index (χ0n) is 17.1. The molecule has 3 N–H and O–H groups in total. The Hall–Kier alpha value is -2.38. The summed E-state index contributed by atoms with van der Waals surface area (Å²) in [6, 6.07) is 10.1. The van der Waals surface area contributed by atoms with E-state index in [9.17, 15) is 9.90 Å². The minimum Gasteiger partial charge on any atom is -0.383 e. The van der Waals surface area contributed by atoms with Gasteiger partial charge in [0, 0.05) is 32.6 Å². The van der Waals surface area contributed by atoms with E-state index in [2.05, 4.69) is 27.8 Å². The van der Waals surface area contributed by atoms with Crippen LogP contribution in [0.1, 0.15) is 43.4 Å². The lowest BCUT2D eigenvalue weighted by molar-refractivity contribution is -0.131. The highest BCUT2D eigenvalue weighted by Crippen LogP contribution is 2.24. The molecule has 3 rings (SSSR count). The van der Waals surface area contributed by atoms with Crippen LogP contribution >= 0.6 is 11.3 Å². The molecule has 0 spiro atoms. The normalized spacial score (nSPS) is 15.7. The molecular weight excluding hydrogens is 384 g/mol. The van der Waals surface area contributed by atoms with Gasteiger partial charge in [-0.25, -0.2) is 4.99 Å². The summed E-state index contributed by atoms with van der Waals surface area (Å²) in [5.41, 5.74) is 2.37. The molecule has 0 radical (unpaired) electrons. The average Bonchev–Trinajstić information content (AvgIpc) is 3.39. The molecule has 1 aliphatic rings. The second-order valence-electron chi connectivity index (χ2n) is 7.53. The standard InChI is InChI=1S/C22H30N4O2S/c1-3-23-21(25-16-22(2,28)19-10-12-29-15-19)24-11-6-9-20(27)26-13-17-7-4-5-8-18(17)14-26/h4-5,7-8,10,12,15,28H,3,6,9,11,13-14,16H2,1-2H3,(H2,23,24,25). The number of benzene rings is 1. The summed E-state index contributed by atoms with van der Waals surface area (Å²) in [6.45, 7) is 6.85. The fraction of sp³-hybridized carbons (Fsp3) is 0.455. The molecule has 2 heterocycles. The van der Waals surface area contributed by atoms with Crippen molar-refractivity contribution < 1.29 is 9.90 Å². The van der Waals surface area contributed by atoms with Crippen molar-refractivity contribution in [3.05, 3.63) is 57.8 Å².